The van der Waals surface area contributed by atoms with Gasteiger partial charge in [-0.05, 0) is 37.0 Å². The first kappa shape index (κ1) is 20.5. The molecule has 7 nitrogen and oxygen atoms in total. The summed E-state index contributed by atoms with van der Waals surface area (Å²) < 4.78 is 10.1. The van der Waals surface area contributed by atoms with Gasteiger partial charge in [0.05, 0.1) is 0 Å². The first-order valence-electron chi connectivity index (χ1n) is 8.07. The van der Waals surface area contributed by atoms with Gasteiger partial charge in [0.1, 0.15) is 5.75 Å². The van der Waals surface area contributed by atoms with Gasteiger partial charge in [-0.2, -0.15) is 0 Å². The van der Waals surface area contributed by atoms with Gasteiger partial charge in [-0.15, -0.1) is 0 Å². The van der Waals surface area contributed by atoms with Crippen LogP contribution in [0.15, 0.2) is 24.3 Å². The van der Waals surface area contributed by atoms with E-state index in [-0.39, 0.29) is 18.1 Å². The molecule has 0 saturated carbocycles. The van der Waals surface area contributed by atoms with Gasteiger partial charge in [-0.25, -0.2) is 9.59 Å². The van der Waals surface area contributed by atoms with Crippen molar-refractivity contribution in [3.05, 3.63) is 29.8 Å². The molecule has 0 bridgehead atoms. The second-order valence-corrected chi connectivity index (χ2v) is 6.90. The summed E-state index contributed by atoms with van der Waals surface area (Å²) in [5, 5.41) is 4.54. The summed E-state index contributed by atoms with van der Waals surface area (Å²) in [4.78, 5) is 34.3. The summed E-state index contributed by atoms with van der Waals surface area (Å²) >= 11 is 0. The summed E-state index contributed by atoms with van der Waals surface area (Å²) in [5.74, 6) is -0.869. The summed E-state index contributed by atoms with van der Waals surface area (Å²) in [6, 6.07) is 6.68. The lowest BCUT2D eigenvalue weighted by molar-refractivity contribution is -0.150. The Bertz CT molecular complexity index is 603. The number of esters is 1. The molecule has 0 fully saturated rings. The monoisotopic (exact) mass is 350 g/mol. The number of carbonyl (C=O) groups excluding carboxylic acids is 3. The first-order chi connectivity index (χ1) is 11.6. The van der Waals surface area contributed by atoms with E-state index < -0.39 is 24.5 Å². The average Bonchev–Trinajstić information content (AvgIpc) is 2.49. The van der Waals surface area contributed by atoms with Crippen LogP contribution in [0.5, 0.6) is 5.75 Å². The predicted octanol–water partition coefficient (Wildman–Crippen LogP) is 2.14. The van der Waals surface area contributed by atoms with E-state index in [9.17, 15) is 14.4 Å². The van der Waals surface area contributed by atoms with Gasteiger partial charge >= 0.3 is 12.0 Å². The highest BCUT2D eigenvalue weighted by molar-refractivity contribution is 5.95. The second-order valence-electron chi connectivity index (χ2n) is 6.90. The van der Waals surface area contributed by atoms with E-state index >= 15 is 0 Å². The normalized spacial score (nSPS) is 11.0. The maximum absolute atomic E-state index is 11.6. The zero-order valence-corrected chi connectivity index (χ0v) is 15.3. The zero-order valence-electron chi connectivity index (χ0n) is 15.3. The molecule has 3 amide bonds. The highest BCUT2D eigenvalue weighted by atomic mass is 16.6. The van der Waals surface area contributed by atoms with Crippen LogP contribution in [0.2, 0.25) is 0 Å². The highest BCUT2D eigenvalue weighted by Crippen LogP contribution is 2.24. The molecule has 0 atom stereocenters. The maximum atomic E-state index is 11.6. The number of amides is 3. The van der Waals surface area contributed by atoms with Gasteiger partial charge in [-0.1, -0.05) is 32.9 Å². The molecule has 0 aromatic heterocycles. The summed E-state index contributed by atoms with van der Waals surface area (Å²) in [6.07, 6.45) is 0. The third-order valence-corrected chi connectivity index (χ3v) is 3.11. The molecule has 0 heterocycles. The molecule has 0 radical (unpaired) electrons. The van der Waals surface area contributed by atoms with Crippen LogP contribution in [-0.4, -0.2) is 37.2 Å². The molecule has 1 aromatic carbocycles. The number of imide groups is 1. The van der Waals surface area contributed by atoms with Crippen molar-refractivity contribution in [3.63, 3.8) is 0 Å². The predicted molar refractivity (Wildman–Crippen MR) is 93.4 cm³/mol. The number of hydrogen-bond acceptors (Lipinski definition) is 5. The molecule has 7 heteroatoms. The zero-order chi connectivity index (χ0) is 19.0. The van der Waals surface area contributed by atoms with Crippen molar-refractivity contribution in [1.29, 1.82) is 0 Å². The van der Waals surface area contributed by atoms with Crippen molar-refractivity contribution in [2.24, 2.45) is 0 Å². The Morgan fingerprint density at radius 1 is 1.04 bits per heavy atom. The Balaban J connectivity index is 2.33. The fraction of sp³-hybridized carbons (Fsp3) is 0.500. The van der Waals surface area contributed by atoms with Gasteiger partial charge in [0.2, 0.25) is 0 Å². The van der Waals surface area contributed by atoms with Gasteiger partial charge < -0.3 is 14.8 Å². The van der Waals surface area contributed by atoms with Gasteiger partial charge in [0.25, 0.3) is 5.91 Å². The average molecular weight is 350 g/mol. The molecule has 1 rings (SSSR count). The molecule has 0 unspecified atom stereocenters. The first-order valence-corrected chi connectivity index (χ1v) is 8.07. The second kappa shape index (κ2) is 9.05. The minimum Gasteiger partial charge on any atom is -0.482 e. The van der Waals surface area contributed by atoms with E-state index in [0.29, 0.717) is 5.75 Å². The van der Waals surface area contributed by atoms with Crippen LogP contribution < -0.4 is 15.4 Å². The highest BCUT2D eigenvalue weighted by Gasteiger charge is 2.14. The van der Waals surface area contributed by atoms with Gasteiger partial charge in [0.15, 0.2) is 13.2 Å². The Hall–Kier alpha value is -2.57. The van der Waals surface area contributed by atoms with Crippen molar-refractivity contribution >= 4 is 17.9 Å². The number of urea groups is 1. The minimum absolute atomic E-state index is 0.0344. The van der Waals surface area contributed by atoms with E-state index in [1.165, 1.54) is 0 Å². The summed E-state index contributed by atoms with van der Waals surface area (Å²) in [7, 11) is 0. The topological polar surface area (TPSA) is 93.7 Å². The molecule has 0 aliphatic rings. The van der Waals surface area contributed by atoms with Crippen LogP contribution in [0.1, 0.15) is 40.2 Å². The molecule has 0 saturated heterocycles. The molecular weight excluding hydrogens is 324 g/mol. The molecule has 25 heavy (non-hydrogen) atoms. The van der Waals surface area contributed by atoms with Gasteiger partial charge in [-0.3, -0.25) is 10.1 Å². The van der Waals surface area contributed by atoms with E-state index in [2.05, 4.69) is 31.4 Å². The molecule has 1 aromatic rings. The fourth-order valence-electron chi connectivity index (χ4n) is 1.84. The SMILES string of the molecule is CC(C)NC(=O)NC(=O)COC(=O)COc1ccc(C(C)(C)C)cc1. The number of benzene rings is 1. The van der Waals surface area contributed by atoms with Crippen LogP contribution in [0, 0.1) is 0 Å². The van der Waals surface area contributed by atoms with E-state index in [1.54, 1.807) is 26.0 Å². The third kappa shape index (κ3) is 8.19. The number of rotatable bonds is 6. The Labute approximate surface area is 148 Å². The standard InChI is InChI=1S/C18H26N2O5/c1-12(2)19-17(23)20-15(21)10-25-16(22)11-24-14-8-6-13(7-9-14)18(3,4)5/h6-9,12H,10-11H2,1-5H3,(H2,19,20,21,23). The van der Waals surface area contributed by atoms with Crippen molar-refractivity contribution in [3.8, 4) is 5.75 Å². The maximum Gasteiger partial charge on any atom is 0.344 e. The van der Waals surface area contributed by atoms with Crippen molar-refractivity contribution in [1.82, 2.24) is 10.6 Å². The molecule has 0 spiro atoms. The summed E-state index contributed by atoms with van der Waals surface area (Å²) in [6.45, 7) is 8.97. The number of hydrogen-bond donors (Lipinski definition) is 2. The van der Waals surface area contributed by atoms with Crippen molar-refractivity contribution < 1.29 is 23.9 Å². The number of carbonyl (C=O) groups is 3. The lowest BCUT2D eigenvalue weighted by Gasteiger charge is -2.19. The molecular formula is C18H26N2O5. The Morgan fingerprint density at radius 2 is 1.64 bits per heavy atom. The largest absolute Gasteiger partial charge is 0.482 e. The van der Waals surface area contributed by atoms with Crippen molar-refractivity contribution in [2.45, 2.75) is 46.1 Å². The summed E-state index contributed by atoms with van der Waals surface area (Å²) in [5.41, 5.74) is 1.19. The molecule has 2 N–H and O–H groups in total. The van der Waals surface area contributed by atoms with E-state index in [1.807, 2.05) is 12.1 Å². The van der Waals surface area contributed by atoms with Crippen LogP contribution in [0.25, 0.3) is 0 Å². The molecule has 0 aliphatic heterocycles. The quantitative estimate of drug-likeness (QED) is 0.767. The molecule has 138 valence electrons. The smallest absolute Gasteiger partial charge is 0.344 e. The van der Waals surface area contributed by atoms with Crippen LogP contribution in [0.4, 0.5) is 4.79 Å². The lowest BCUT2D eigenvalue weighted by Crippen LogP contribution is -2.44. The Morgan fingerprint density at radius 3 is 2.16 bits per heavy atom. The minimum atomic E-state index is -0.707. The van der Waals surface area contributed by atoms with E-state index in [0.717, 1.165) is 5.56 Å². The van der Waals surface area contributed by atoms with Gasteiger partial charge in [0, 0.05) is 6.04 Å². The number of nitrogens with one attached hydrogen (secondary N) is 2. The number of ether oxygens (including phenoxy) is 2. The Kier molecular flexibility index (Phi) is 7.42. The fourth-order valence-corrected chi connectivity index (χ4v) is 1.84. The lowest BCUT2D eigenvalue weighted by atomic mass is 9.87. The van der Waals surface area contributed by atoms with Crippen LogP contribution in [-0.2, 0) is 19.7 Å². The van der Waals surface area contributed by atoms with Crippen LogP contribution in [0.3, 0.4) is 0 Å². The van der Waals surface area contributed by atoms with Crippen molar-refractivity contribution in [2.75, 3.05) is 13.2 Å². The van der Waals surface area contributed by atoms with E-state index in [4.69, 9.17) is 9.47 Å². The molecule has 0 aliphatic carbocycles. The third-order valence-electron chi connectivity index (χ3n) is 3.11. The van der Waals surface area contributed by atoms with Crippen LogP contribution >= 0.6 is 0 Å².